The summed E-state index contributed by atoms with van der Waals surface area (Å²) >= 11 is 0. The molecule has 0 unspecified atom stereocenters. The number of amidine groups is 1. The minimum Gasteiger partial charge on any atom is -0.507 e. The molecule has 2 N–H and O–H groups in total. The van der Waals surface area contributed by atoms with Gasteiger partial charge in [-0.25, -0.2) is 0 Å². The van der Waals surface area contributed by atoms with Crippen LogP contribution in [0, 0.1) is 17.7 Å². The molecular formula is C31H30N2O2. The summed E-state index contributed by atoms with van der Waals surface area (Å²) < 4.78 is 0. The van der Waals surface area contributed by atoms with Crippen LogP contribution in [0.3, 0.4) is 0 Å². The van der Waals surface area contributed by atoms with Crippen LogP contribution in [0.25, 0.3) is 5.76 Å². The number of carbonyl (C=O) groups is 1. The van der Waals surface area contributed by atoms with Gasteiger partial charge in [-0.2, -0.15) is 0 Å². The lowest BCUT2D eigenvalue weighted by Crippen LogP contribution is -2.45. The zero-order valence-corrected chi connectivity index (χ0v) is 20.4. The van der Waals surface area contributed by atoms with Gasteiger partial charge in [-0.05, 0) is 36.5 Å². The zero-order chi connectivity index (χ0) is 24.7. The van der Waals surface area contributed by atoms with Gasteiger partial charge in [0.1, 0.15) is 11.6 Å². The number of rotatable bonds is 3. The molecule has 176 valence electrons. The first-order valence-corrected chi connectivity index (χ1v) is 12.0. The van der Waals surface area contributed by atoms with Crippen molar-refractivity contribution in [2.75, 3.05) is 4.90 Å². The first kappa shape index (κ1) is 22.9. The monoisotopic (exact) mass is 462 g/mol. The highest BCUT2D eigenvalue weighted by molar-refractivity contribution is 6.19. The molecule has 0 amide bonds. The molecule has 0 spiro atoms. The Bertz CT molecular complexity index is 1350. The Kier molecular flexibility index (Phi) is 5.68. The van der Waals surface area contributed by atoms with Crippen molar-refractivity contribution in [3.8, 4) is 0 Å². The number of hydrogen-bond acceptors (Lipinski definition) is 3. The van der Waals surface area contributed by atoms with E-state index in [-0.39, 0.29) is 22.8 Å². The third-order valence-corrected chi connectivity index (χ3v) is 6.95. The summed E-state index contributed by atoms with van der Waals surface area (Å²) in [5, 5.41) is 21.0. The summed E-state index contributed by atoms with van der Waals surface area (Å²) in [6, 6.07) is 27.1. The van der Waals surface area contributed by atoms with Gasteiger partial charge in [0.15, 0.2) is 5.78 Å². The Hall–Kier alpha value is -3.92. The summed E-state index contributed by atoms with van der Waals surface area (Å²) in [5.41, 5.74) is 5.25. The predicted octanol–water partition coefficient (Wildman–Crippen LogP) is 7.19. The van der Waals surface area contributed by atoms with Crippen molar-refractivity contribution in [1.82, 2.24) is 0 Å². The van der Waals surface area contributed by atoms with Gasteiger partial charge in [-0.3, -0.25) is 15.1 Å². The van der Waals surface area contributed by atoms with E-state index in [1.807, 2.05) is 96.8 Å². The Morgan fingerprint density at radius 2 is 1.51 bits per heavy atom. The number of anilines is 1. The van der Waals surface area contributed by atoms with Gasteiger partial charge in [-0.1, -0.05) is 92.2 Å². The van der Waals surface area contributed by atoms with E-state index in [9.17, 15) is 15.3 Å². The number of benzene rings is 3. The van der Waals surface area contributed by atoms with Crippen LogP contribution in [0.15, 0.2) is 102 Å². The number of aliphatic hydroxyl groups is 1. The maximum atomic E-state index is 13.8. The van der Waals surface area contributed by atoms with Gasteiger partial charge < -0.3 is 5.11 Å². The Morgan fingerprint density at radius 1 is 0.914 bits per heavy atom. The van der Waals surface area contributed by atoms with Crippen molar-refractivity contribution in [2.24, 2.45) is 5.41 Å². The second-order valence-electron chi connectivity index (χ2n) is 10.3. The molecule has 3 aromatic carbocycles. The highest BCUT2D eigenvalue weighted by atomic mass is 16.3. The molecule has 5 rings (SSSR count). The smallest absolute Gasteiger partial charge is 0.162 e. The maximum absolute atomic E-state index is 13.8. The second-order valence-corrected chi connectivity index (χ2v) is 10.3. The quantitative estimate of drug-likeness (QED) is 0.405. The number of Topliss-reactive ketones (excluding diaryl/α,β-unsaturated/α-hetero) is 1. The number of aliphatic hydroxyl groups excluding tert-OH is 1. The molecule has 0 saturated heterocycles. The van der Waals surface area contributed by atoms with Gasteiger partial charge >= 0.3 is 0 Å². The highest BCUT2D eigenvalue weighted by Crippen LogP contribution is 2.51. The minimum absolute atomic E-state index is 0.0336. The van der Waals surface area contributed by atoms with E-state index in [0.717, 1.165) is 22.5 Å². The highest BCUT2D eigenvalue weighted by Gasteiger charge is 2.46. The van der Waals surface area contributed by atoms with E-state index in [2.05, 4.69) is 13.8 Å². The zero-order valence-electron chi connectivity index (χ0n) is 20.4. The van der Waals surface area contributed by atoms with E-state index in [1.165, 1.54) is 0 Å². The minimum atomic E-state index is -0.512. The Labute approximate surface area is 206 Å². The lowest BCUT2D eigenvalue weighted by atomic mass is 9.67. The summed E-state index contributed by atoms with van der Waals surface area (Å²) in [4.78, 5) is 15.7. The van der Waals surface area contributed by atoms with Crippen molar-refractivity contribution in [3.05, 3.63) is 118 Å². The fourth-order valence-corrected chi connectivity index (χ4v) is 5.32. The molecule has 3 aromatic rings. The Morgan fingerprint density at radius 3 is 2.14 bits per heavy atom. The number of ketones is 1. The molecule has 4 nitrogen and oxygen atoms in total. The third kappa shape index (κ3) is 4.10. The van der Waals surface area contributed by atoms with Gasteiger partial charge in [0, 0.05) is 40.4 Å². The molecule has 35 heavy (non-hydrogen) atoms. The average Bonchev–Trinajstić information content (AvgIpc) is 2.84. The number of nitrogens with zero attached hydrogens (tertiary/aromatic N) is 1. The van der Waals surface area contributed by atoms with Gasteiger partial charge in [0.25, 0.3) is 0 Å². The largest absolute Gasteiger partial charge is 0.507 e. The molecule has 4 heteroatoms. The SMILES string of the molecule is Cc1ccc([C@@H]2C3=C(CC(C)(C)CC3=O)N(c3ccccc3)C(=N)/C2=C(/O)c2ccccc2)cc1. The number of nitrogens with one attached hydrogen (secondary N) is 1. The van der Waals surface area contributed by atoms with Crippen LogP contribution in [0.1, 0.15) is 49.3 Å². The number of allylic oxidation sites excluding steroid dienone is 2. The number of aryl methyl sites for hydroxylation is 1. The average molecular weight is 463 g/mol. The molecule has 0 radical (unpaired) electrons. The van der Waals surface area contributed by atoms with Crippen molar-refractivity contribution in [2.45, 2.75) is 39.5 Å². The molecule has 1 aliphatic heterocycles. The van der Waals surface area contributed by atoms with Crippen LogP contribution < -0.4 is 4.90 Å². The fraction of sp³-hybridized carbons (Fsp3) is 0.226. The summed E-state index contributed by atoms with van der Waals surface area (Å²) in [7, 11) is 0. The van der Waals surface area contributed by atoms with Crippen LogP contribution in [-0.4, -0.2) is 16.7 Å². The van der Waals surface area contributed by atoms with Crippen LogP contribution in [0.5, 0.6) is 0 Å². The first-order valence-electron chi connectivity index (χ1n) is 12.0. The van der Waals surface area contributed by atoms with Gasteiger partial charge in [0.05, 0.1) is 0 Å². The van der Waals surface area contributed by atoms with Crippen molar-refractivity contribution >= 4 is 23.1 Å². The molecular weight excluding hydrogens is 432 g/mol. The summed E-state index contributed by atoms with van der Waals surface area (Å²) in [5.74, 6) is -0.200. The fourth-order valence-electron chi connectivity index (χ4n) is 5.32. The number of para-hydroxylation sites is 1. The normalized spacial score (nSPS) is 21.1. The molecule has 1 heterocycles. The number of hydrogen-bond donors (Lipinski definition) is 2. The molecule has 1 aliphatic carbocycles. The van der Waals surface area contributed by atoms with Crippen molar-refractivity contribution < 1.29 is 9.90 Å². The standard InChI is InChI=1S/C31H30N2O2/c1-20-14-16-21(17-15-20)26-27-24(18-31(2,3)19-25(27)34)33(23-12-8-5-9-13-23)30(32)28(26)29(35)22-10-6-4-7-11-22/h4-17,26,32,35H,18-19H2,1-3H3/b29-28+,32-30?/t26-/m1/s1. The van der Waals surface area contributed by atoms with Gasteiger partial charge in [0.2, 0.25) is 0 Å². The van der Waals surface area contributed by atoms with Crippen LogP contribution in [0.2, 0.25) is 0 Å². The van der Waals surface area contributed by atoms with E-state index in [0.29, 0.717) is 29.6 Å². The summed E-state index contributed by atoms with van der Waals surface area (Å²) in [6.07, 6.45) is 1.11. The molecule has 0 saturated carbocycles. The molecule has 1 atom stereocenters. The molecule has 0 aromatic heterocycles. The van der Waals surface area contributed by atoms with Crippen molar-refractivity contribution in [3.63, 3.8) is 0 Å². The van der Waals surface area contributed by atoms with Crippen LogP contribution in [0.4, 0.5) is 5.69 Å². The van der Waals surface area contributed by atoms with Crippen molar-refractivity contribution in [1.29, 1.82) is 5.41 Å². The third-order valence-electron chi connectivity index (χ3n) is 6.95. The Balaban J connectivity index is 1.85. The molecule has 0 fully saturated rings. The summed E-state index contributed by atoms with van der Waals surface area (Å²) in [6.45, 7) is 6.24. The van der Waals surface area contributed by atoms with E-state index < -0.39 is 5.92 Å². The molecule has 2 aliphatic rings. The van der Waals surface area contributed by atoms with E-state index in [4.69, 9.17) is 0 Å². The topological polar surface area (TPSA) is 64.4 Å². The maximum Gasteiger partial charge on any atom is 0.162 e. The van der Waals surface area contributed by atoms with Gasteiger partial charge in [-0.15, -0.1) is 0 Å². The van der Waals surface area contributed by atoms with E-state index >= 15 is 0 Å². The van der Waals surface area contributed by atoms with E-state index in [1.54, 1.807) is 0 Å². The first-order chi connectivity index (χ1) is 16.8. The second kappa shape index (κ2) is 8.70. The lowest BCUT2D eigenvalue weighted by Gasteiger charge is -2.45. The van der Waals surface area contributed by atoms with Crippen LogP contribution >= 0.6 is 0 Å². The molecule has 0 bridgehead atoms. The lowest BCUT2D eigenvalue weighted by molar-refractivity contribution is -0.118. The van der Waals surface area contributed by atoms with Crippen LogP contribution in [-0.2, 0) is 4.79 Å². The number of carbonyl (C=O) groups excluding carboxylic acids is 1. The predicted molar refractivity (Wildman–Crippen MR) is 142 cm³/mol.